The van der Waals surface area contributed by atoms with Gasteiger partial charge in [0.25, 0.3) is 10.0 Å². The highest BCUT2D eigenvalue weighted by Crippen LogP contribution is 2.12. The van der Waals surface area contributed by atoms with Gasteiger partial charge in [0.15, 0.2) is 5.03 Å². The van der Waals surface area contributed by atoms with Crippen molar-refractivity contribution in [1.82, 2.24) is 14.3 Å². The standard InChI is InChI=1S/C13H16ClN3O3S/c1-17-8-12(16-13(17)14)21(19,20)15-7-6-10-2-4-11(9-18)5-3-10/h2-5,8,15,18H,6-7,9H2,1H3. The number of aliphatic hydroxyl groups is 1. The van der Waals surface area contributed by atoms with Gasteiger partial charge in [0.1, 0.15) is 0 Å². The van der Waals surface area contributed by atoms with Crippen LogP contribution in [0, 0.1) is 0 Å². The van der Waals surface area contributed by atoms with Crippen LogP contribution in [0.1, 0.15) is 11.1 Å². The molecule has 0 spiro atoms. The summed E-state index contributed by atoms with van der Waals surface area (Å²) in [7, 11) is -2.03. The lowest BCUT2D eigenvalue weighted by Crippen LogP contribution is -2.26. The van der Waals surface area contributed by atoms with E-state index in [0.717, 1.165) is 11.1 Å². The number of hydrogen-bond acceptors (Lipinski definition) is 4. The molecule has 0 atom stereocenters. The zero-order valence-corrected chi connectivity index (χ0v) is 13.0. The van der Waals surface area contributed by atoms with E-state index in [1.165, 1.54) is 10.8 Å². The third-order valence-corrected chi connectivity index (χ3v) is 4.67. The zero-order chi connectivity index (χ0) is 15.5. The van der Waals surface area contributed by atoms with Crippen molar-refractivity contribution < 1.29 is 13.5 Å². The molecular formula is C13H16ClN3O3S. The van der Waals surface area contributed by atoms with Crippen LogP contribution in [-0.2, 0) is 30.1 Å². The van der Waals surface area contributed by atoms with Gasteiger partial charge >= 0.3 is 0 Å². The number of hydrogen-bond donors (Lipinski definition) is 2. The van der Waals surface area contributed by atoms with Crippen LogP contribution in [0.25, 0.3) is 0 Å². The summed E-state index contributed by atoms with van der Waals surface area (Å²) in [6, 6.07) is 7.33. The second-order valence-corrected chi connectivity index (χ2v) is 6.63. The number of rotatable bonds is 6. The number of imidazole rings is 1. The van der Waals surface area contributed by atoms with Crippen molar-refractivity contribution in [3.05, 3.63) is 46.9 Å². The molecule has 6 nitrogen and oxygen atoms in total. The van der Waals surface area contributed by atoms with Gasteiger partial charge in [0.05, 0.1) is 6.61 Å². The van der Waals surface area contributed by atoms with Crippen LogP contribution in [-0.4, -0.2) is 29.6 Å². The van der Waals surface area contributed by atoms with Gasteiger partial charge < -0.3 is 9.67 Å². The Bertz CT molecular complexity index is 691. The average Bonchev–Trinajstić information content (AvgIpc) is 2.80. The number of nitrogens with one attached hydrogen (secondary N) is 1. The van der Waals surface area contributed by atoms with Gasteiger partial charge in [-0.3, -0.25) is 0 Å². The van der Waals surface area contributed by atoms with Gasteiger partial charge in [-0.2, -0.15) is 0 Å². The van der Waals surface area contributed by atoms with Crippen molar-refractivity contribution in [2.24, 2.45) is 7.05 Å². The van der Waals surface area contributed by atoms with Crippen LogP contribution >= 0.6 is 11.6 Å². The summed E-state index contributed by atoms with van der Waals surface area (Å²) in [5.41, 5.74) is 1.80. The fraction of sp³-hybridized carbons (Fsp3) is 0.308. The Morgan fingerprint density at radius 3 is 2.43 bits per heavy atom. The molecule has 1 aromatic carbocycles. The monoisotopic (exact) mass is 329 g/mol. The normalized spacial score (nSPS) is 11.8. The second-order valence-electron chi connectivity index (χ2n) is 4.58. The maximum absolute atomic E-state index is 12.0. The minimum absolute atomic E-state index is 0.00660. The second kappa shape index (κ2) is 6.57. The van der Waals surface area contributed by atoms with Crippen LogP contribution in [0.15, 0.2) is 35.5 Å². The van der Waals surface area contributed by atoms with Crippen molar-refractivity contribution >= 4 is 21.6 Å². The Hall–Kier alpha value is -1.41. The number of aliphatic hydroxyl groups excluding tert-OH is 1. The van der Waals surface area contributed by atoms with Crippen LogP contribution in [0.3, 0.4) is 0 Å². The fourth-order valence-corrected chi connectivity index (χ4v) is 2.97. The molecule has 0 aliphatic heterocycles. The third-order valence-electron chi connectivity index (χ3n) is 2.98. The van der Waals surface area contributed by atoms with Gasteiger partial charge in [-0.1, -0.05) is 24.3 Å². The lowest BCUT2D eigenvalue weighted by atomic mass is 10.1. The predicted octanol–water partition coefficient (Wildman–Crippen LogP) is 1.09. The Balaban J connectivity index is 1.95. The molecule has 8 heteroatoms. The minimum Gasteiger partial charge on any atom is -0.392 e. The molecule has 2 aromatic rings. The first kappa shape index (κ1) is 16.0. The summed E-state index contributed by atoms with van der Waals surface area (Å²) in [6.07, 6.45) is 1.91. The Labute approximate surface area is 128 Å². The zero-order valence-electron chi connectivity index (χ0n) is 11.5. The van der Waals surface area contributed by atoms with Crippen LogP contribution in [0.2, 0.25) is 5.28 Å². The van der Waals surface area contributed by atoms with Crippen molar-refractivity contribution in [2.45, 2.75) is 18.1 Å². The van der Waals surface area contributed by atoms with Crippen molar-refractivity contribution in [3.8, 4) is 0 Å². The van der Waals surface area contributed by atoms with E-state index >= 15 is 0 Å². The molecule has 1 heterocycles. The summed E-state index contributed by atoms with van der Waals surface area (Å²) in [5.74, 6) is 0. The van der Waals surface area contributed by atoms with E-state index in [9.17, 15) is 8.42 Å². The van der Waals surface area contributed by atoms with E-state index in [0.29, 0.717) is 6.42 Å². The number of benzene rings is 1. The van der Waals surface area contributed by atoms with E-state index in [2.05, 4.69) is 9.71 Å². The Morgan fingerprint density at radius 2 is 1.90 bits per heavy atom. The molecule has 0 aliphatic rings. The predicted molar refractivity (Wildman–Crippen MR) is 79.5 cm³/mol. The molecule has 21 heavy (non-hydrogen) atoms. The summed E-state index contributed by atoms with van der Waals surface area (Å²) in [5, 5.41) is 8.98. The molecule has 0 bridgehead atoms. The topological polar surface area (TPSA) is 84.2 Å². The lowest BCUT2D eigenvalue weighted by Gasteiger charge is -2.05. The van der Waals surface area contributed by atoms with Crippen LogP contribution < -0.4 is 4.72 Å². The number of halogens is 1. The molecule has 0 saturated heterocycles. The fourth-order valence-electron chi connectivity index (χ4n) is 1.76. The quantitative estimate of drug-likeness (QED) is 0.830. The first-order valence-corrected chi connectivity index (χ1v) is 8.15. The summed E-state index contributed by atoms with van der Waals surface area (Å²) in [4.78, 5) is 3.78. The lowest BCUT2D eigenvalue weighted by molar-refractivity contribution is 0.282. The summed E-state index contributed by atoms with van der Waals surface area (Å²) >= 11 is 5.73. The Kier molecular flexibility index (Phi) is 5.00. The van der Waals surface area contributed by atoms with Gasteiger partial charge in [-0.25, -0.2) is 18.1 Å². The molecule has 2 rings (SSSR count). The maximum atomic E-state index is 12.0. The van der Waals surface area contributed by atoms with Crippen molar-refractivity contribution in [1.29, 1.82) is 0 Å². The molecule has 0 radical (unpaired) electrons. The number of aromatic nitrogens is 2. The molecular weight excluding hydrogens is 314 g/mol. The molecule has 0 amide bonds. The van der Waals surface area contributed by atoms with E-state index in [-0.39, 0.29) is 23.5 Å². The van der Waals surface area contributed by atoms with Gasteiger partial charge in [-0.15, -0.1) is 0 Å². The van der Waals surface area contributed by atoms with Crippen molar-refractivity contribution in [3.63, 3.8) is 0 Å². The SMILES string of the molecule is Cn1cc(S(=O)(=O)NCCc2ccc(CO)cc2)nc1Cl. The highest BCUT2D eigenvalue weighted by molar-refractivity contribution is 7.89. The van der Waals surface area contributed by atoms with E-state index < -0.39 is 10.0 Å². The van der Waals surface area contributed by atoms with Crippen molar-refractivity contribution in [2.75, 3.05) is 6.54 Å². The average molecular weight is 330 g/mol. The van der Waals surface area contributed by atoms with Gasteiger partial charge in [0.2, 0.25) is 5.28 Å². The molecule has 1 aromatic heterocycles. The summed E-state index contributed by atoms with van der Waals surface area (Å²) < 4.78 is 27.9. The molecule has 0 unspecified atom stereocenters. The number of aryl methyl sites for hydroxylation is 1. The first-order valence-electron chi connectivity index (χ1n) is 6.29. The third kappa shape index (κ3) is 4.04. The maximum Gasteiger partial charge on any atom is 0.259 e. The highest BCUT2D eigenvalue weighted by Gasteiger charge is 2.18. The molecule has 114 valence electrons. The van der Waals surface area contributed by atoms with Gasteiger partial charge in [0, 0.05) is 19.8 Å². The molecule has 0 fully saturated rings. The first-order chi connectivity index (χ1) is 9.92. The molecule has 0 aliphatic carbocycles. The summed E-state index contributed by atoms with van der Waals surface area (Å²) in [6.45, 7) is 0.252. The Morgan fingerprint density at radius 1 is 1.29 bits per heavy atom. The van der Waals surface area contributed by atoms with Gasteiger partial charge in [-0.05, 0) is 29.1 Å². The van der Waals surface area contributed by atoms with E-state index in [1.807, 2.05) is 24.3 Å². The van der Waals surface area contributed by atoms with E-state index in [1.54, 1.807) is 7.05 Å². The minimum atomic E-state index is -3.65. The largest absolute Gasteiger partial charge is 0.392 e. The molecule has 2 N–H and O–H groups in total. The number of nitrogens with zero attached hydrogens (tertiary/aromatic N) is 2. The smallest absolute Gasteiger partial charge is 0.259 e. The van der Waals surface area contributed by atoms with E-state index in [4.69, 9.17) is 16.7 Å². The highest BCUT2D eigenvalue weighted by atomic mass is 35.5. The van der Waals surface area contributed by atoms with Crippen LogP contribution in [0.5, 0.6) is 0 Å². The number of sulfonamides is 1. The van der Waals surface area contributed by atoms with Crippen LogP contribution in [0.4, 0.5) is 0 Å². The molecule has 0 saturated carbocycles.